The first-order chi connectivity index (χ1) is 23.8. The summed E-state index contributed by atoms with van der Waals surface area (Å²) in [4.78, 5) is 20.6. The van der Waals surface area contributed by atoms with Gasteiger partial charge in [-0.3, -0.25) is 0 Å². The summed E-state index contributed by atoms with van der Waals surface area (Å²) >= 11 is 0.226. The summed E-state index contributed by atoms with van der Waals surface area (Å²) in [7, 11) is 0. The number of hydrogen-bond acceptors (Lipinski definition) is 5. The molecule has 0 spiro atoms. The van der Waals surface area contributed by atoms with Gasteiger partial charge in [-0.1, -0.05) is 18.2 Å². The zero-order chi connectivity index (χ0) is 31.6. The van der Waals surface area contributed by atoms with E-state index in [0.717, 1.165) is 49.5 Å². The first kappa shape index (κ1) is 27.2. The smallest absolute Gasteiger partial charge is 0.0495 e. The number of nitrogens with zero attached hydrogens (tertiary/aromatic N) is 4. The van der Waals surface area contributed by atoms with E-state index >= 15 is 0 Å². The summed E-state index contributed by atoms with van der Waals surface area (Å²) in [5.41, 5.74) is 5.28. The molecule has 0 saturated heterocycles. The van der Waals surface area contributed by atoms with Gasteiger partial charge in [0.05, 0.1) is 0 Å². The number of fused-ring (bicyclic) bond motifs is 7. The van der Waals surface area contributed by atoms with E-state index in [1.54, 1.807) is 0 Å². The van der Waals surface area contributed by atoms with Crippen molar-refractivity contribution >= 4 is 66.4 Å². The van der Waals surface area contributed by atoms with E-state index in [0.29, 0.717) is 23.4 Å². The molecule has 0 aliphatic carbocycles. The van der Waals surface area contributed by atoms with Crippen LogP contribution < -0.4 is 0 Å². The third kappa shape index (κ3) is 4.38. The number of benzene rings is 7. The largest absolute Gasteiger partial charge is 0.0615 e. The van der Waals surface area contributed by atoms with Gasteiger partial charge in [0, 0.05) is 0 Å². The fraction of sp³-hybridized carbons (Fsp3) is 0. The molecule has 0 aliphatic rings. The van der Waals surface area contributed by atoms with Crippen molar-refractivity contribution in [1.82, 2.24) is 19.9 Å². The minimum absolute atomic E-state index is 0.226. The summed E-state index contributed by atoms with van der Waals surface area (Å²) in [6.07, 6.45) is 0. The molecule has 3 heterocycles. The fourth-order valence-electron chi connectivity index (χ4n) is 6.68. The van der Waals surface area contributed by atoms with E-state index < -0.39 is 0 Å². The van der Waals surface area contributed by atoms with Crippen molar-refractivity contribution in [3.63, 3.8) is 0 Å². The summed E-state index contributed by atoms with van der Waals surface area (Å²) in [5, 5.41) is 6.76. The Morgan fingerprint density at radius 2 is 1.12 bits per heavy atom. The van der Waals surface area contributed by atoms with Gasteiger partial charge in [0.2, 0.25) is 0 Å². The molecule has 10 rings (SSSR count). The van der Waals surface area contributed by atoms with E-state index in [-0.39, 0.29) is 14.5 Å². The quantitative estimate of drug-likeness (QED) is 0.173. The molecule has 48 heavy (non-hydrogen) atoms. The Morgan fingerprint density at radius 3 is 2.00 bits per heavy atom. The van der Waals surface area contributed by atoms with E-state index in [9.17, 15) is 0 Å². The molecule has 0 unspecified atom stereocenters. The van der Waals surface area contributed by atoms with Gasteiger partial charge in [-0.15, -0.1) is 0 Å². The van der Waals surface area contributed by atoms with Gasteiger partial charge >= 0.3 is 252 Å². The third-order valence-electron chi connectivity index (χ3n) is 8.94. The van der Waals surface area contributed by atoms with E-state index in [1.165, 1.54) is 24.7 Å². The maximum absolute atomic E-state index is 6.41. The number of aromatic nitrogens is 4. The monoisotopic (exact) mass is 680 g/mol. The summed E-state index contributed by atoms with van der Waals surface area (Å²) in [6, 6.07) is 50.3. The average molecular weight is 680 g/mol. The van der Waals surface area contributed by atoms with Crippen molar-refractivity contribution in [3.8, 4) is 45.6 Å². The van der Waals surface area contributed by atoms with Gasteiger partial charge in [0.1, 0.15) is 0 Å². The molecular formula is C42H24N4OSe. The van der Waals surface area contributed by atoms with Crippen molar-refractivity contribution in [2.75, 3.05) is 0 Å². The maximum atomic E-state index is 6.41. The Morgan fingerprint density at radius 1 is 0.438 bits per heavy atom. The molecule has 0 bridgehead atoms. The predicted octanol–water partition coefficient (Wildman–Crippen LogP) is 10.4. The molecule has 0 amide bonds. The van der Waals surface area contributed by atoms with Crippen LogP contribution in [0, 0.1) is 0 Å². The number of hydrogen-bond donors (Lipinski definition) is 0. The van der Waals surface area contributed by atoms with Crippen LogP contribution in [0.4, 0.5) is 0 Å². The molecule has 0 fully saturated rings. The summed E-state index contributed by atoms with van der Waals surface area (Å²) in [5.74, 6) is 2.47. The van der Waals surface area contributed by atoms with Crippen LogP contribution in [0.25, 0.3) is 97.6 Å². The maximum Gasteiger partial charge on any atom is -0.0495 e. The summed E-state index contributed by atoms with van der Waals surface area (Å²) in [6.45, 7) is 0. The second-order valence-electron chi connectivity index (χ2n) is 11.8. The van der Waals surface area contributed by atoms with Crippen LogP contribution in [0.5, 0.6) is 0 Å². The Bertz CT molecular complexity index is 2860. The Hall–Kier alpha value is -5.94. The second kappa shape index (κ2) is 10.8. The molecule has 5 nitrogen and oxygen atoms in total. The molecule has 3 aromatic heterocycles. The van der Waals surface area contributed by atoms with Gasteiger partial charge in [-0.05, 0) is 12.1 Å². The summed E-state index contributed by atoms with van der Waals surface area (Å²) < 4.78 is 9.13. The minimum atomic E-state index is 0.226. The molecule has 10 aromatic rings. The third-order valence-corrected chi connectivity index (χ3v) is 11.3. The second-order valence-corrected chi connectivity index (χ2v) is 14.1. The van der Waals surface area contributed by atoms with Gasteiger partial charge < -0.3 is 0 Å². The minimum Gasteiger partial charge on any atom is -0.0615 e. The molecule has 0 aliphatic heterocycles. The van der Waals surface area contributed by atoms with E-state index in [1.807, 2.05) is 42.5 Å². The van der Waals surface area contributed by atoms with Gasteiger partial charge in [-0.2, -0.15) is 0 Å². The van der Waals surface area contributed by atoms with Crippen molar-refractivity contribution in [2.24, 2.45) is 0 Å². The van der Waals surface area contributed by atoms with Crippen molar-refractivity contribution in [3.05, 3.63) is 146 Å². The van der Waals surface area contributed by atoms with Crippen LogP contribution in [-0.2, 0) is 0 Å². The number of oxazole rings is 1. The SMILES string of the molecule is c1ccc(-c2nc3cc(-c4nc(-c5ccc6ccccc6c5)nc(-c5cccc6[se]c7ccccc7c56)n4)c4ccccc4c3o2)cc1. The van der Waals surface area contributed by atoms with Crippen molar-refractivity contribution < 1.29 is 4.42 Å². The Labute approximate surface area is 280 Å². The van der Waals surface area contributed by atoms with Crippen LogP contribution in [0.1, 0.15) is 0 Å². The van der Waals surface area contributed by atoms with Crippen molar-refractivity contribution in [1.29, 1.82) is 0 Å². The topological polar surface area (TPSA) is 64.7 Å². The molecule has 7 aromatic carbocycles. The normalized spacial score (nSPS) is 11.8. The molecule has 0 N–H and O–H groups in total. The van der Waals surface area contributed by atoms with Crippen LogP contribution >= 0.6 is 0 Å². The van der Waals surface area contributed by atoms with Gasteiger partial charge in [-0.25, -0.2) is 0 Å². The van der Waals surface area contributed by atoms with Gasteiger partial charge in [0.15, 0.2) is 0 Å². The standard InChI is InChI=1S/C42H24N4OSe/c1-2-12-26(13-3-1)42-43-34-24-33(29-15-6-7-16-30(29)38(34)47-42)41-45-39(28-22-21-25-11-4-5-14-27(25)23-28)44-40(46-41)32-18-10-20-36-37(32)31-17-8-9-19-35(31)48-36/h1-24H. The fourth-order valence-corrected chi connectivity index (χ4v) is 9.05. The van der Waals surface area contributed by atoms with Crippen LogP contribution in [-0.4, -0.2) is 34.4 Å². The van der Waals surface area contributed by atoms with Crippen LogP contribution in [0.15, 0.2) is 150 Å². The Kier molecular flexibility index (Phi) is 6.13. The molecular weight excluding hydrogens is 655 g/mol. The molecule has 0 atom stereocenters. The molecule has 0 saturated carbocycles. The first-order valence-electron chi connectivity index (χ1n) is 15.8. The Balaban J connectivity index is 1.26. The van der Waals surface area contributed by atoms with Gasteiger partial charge in [0.25, 0.3) is 0 Å². The van der Waals surface area contributed by atoms with E-state index in [2.05, 4.69) is 103 Å². The number of rotatable bonds is 4. The van der Waals surface area contributed by atoms with Crippen molar-refractivity contribution in [2.45, 2.75) is 0 Å². The van der Waals surface area contributed by atoms with Crippen LogP contribution in [0.3, 0.4) is 0 Å². The zero-order valence-electron chi connectivity index (χ0n) is 25.5. The predicted molar refractivity (Wildman–Crippen MR) is 196 cm³/mol. The zero-order valence-corrected chi connectivity index (χ0v) is 27.2. The first-order valence-corrected chi connectivity index (χ1v) is 17.5. The van der Waals surface area contributed by atoms with Crippen LogP contribution in [0.2, 0.25) is 0 Å². The molecule has 224 valence electrons. The average Bonchev–Trinajstić information content (AvgIpc) is 3.77. The van der Waals surface area contributed by atoms with E-state index in [4.69, 9.17) is 24.4 Å². The molecule has 0 radical (unpaired) electrons. The molecule has 6 heteroatoms.